The van der Waals surface area contributed by atoms with Crippen molar-refractivity contribution in [1.29, 1.82) is 0 Å². The van der Waals surface area contributed by atoms with Crippen LogP contribution in [0.25, 0.3) is 10.9 Å². The first-order valence-corrected chi connectivity index (χ1v) is 6.24. The lowest BCUT2D eigenvalue weighted by Gasteiger charge is -2.20. The van der Waals surface area contributed by atoms with Crippen LogP contribution in [0.1, 0.15) is 0 Å². The summed E-state index contributed by atoms with van der Waals surface area (Å²) in [7, 11) is 0. The number of carbonyl (C=O) groups is 1. The highest BCUT2D eigenvalue weighted by Gasteiger charge is 2.13. The number of amides is 1. The lowest BCUT2D eigenvalue weighted by atomic mass is 10.1. The number of nitrogens with two attached hydrogens (primary N) is 1. The van der Waals surface area contributed by atoms with Gasteiger partial charge in [0.15, 0.2) is 0 Å². The minimum Gasteiger partial charge on any atom is -0.397 e. The van der Waals surface area contributed by atoms with Gasteiger partial charge in [0.2, 0.25) is 6.41 Å². The van der Waals surface area contributed by atoms with Crippen LogP contribution in [0.3, 0.4) is 0 Å². The second kappa shape index (κ2) is 5.01. The first-order valence-electron chi connectivity index (χ1n) is 6.24. The third-order valence-corrected chi connectivity index (χ3v) is 3.18. The summed E-state index contributed by atoms with van der Waals surface area (Å²) in [4.78, 5) is 17.4. The molecule has 4 nitrogen and oxygen atoms in total. The summed E-state index contributed by atoms with van der Waals surface area (Å²) >= 11 is 0. The molecule has 20 heavy (non-hydrogen) atoms. The summed E-state index contributed by atoms with van der Waals surface area (Å²) in [5.41, 5.74) is 8.79. The Hall–Kier alpha value is -2.88. The number of nitrogen functional groups attached to an aromatic ring is 1. The van der Waals surface area contributed by atoms with E-state index in [2.05, 4.69) is 4.98 Å². The molecule has 0 atom stereocenters. The fraction of sp³-hybridized carbons (Fsp3) is 0. The normalized spacial score (nSPS) is 10.4. The van der Waals surface area contributed by atoms with Gasteiger partial charge in [0.1, 0.15) is 0 Å². The second-order valence-corrected chi connectivity index (χ2v) is 4.38. The predicted octanol–water partition coefficient (Wildman–Crippen LogP) is 3.11. The largest absolute Gasteiger partial charge is 0.397 e. The van der Waals surface area contributed by atoms with E-state index in [9.17, 15) is 4.79 Å². The summed E-state index contributed by atoms with van der Waals surface area (Å²) in [5, 5.41) is 0.908. The molecular weight excluding hydrogens is 250 g/mol. The molecule has 2 N–H and O–H groups in total. The van der Waals surface area contributed by atoms with Crippen molar-refractivity contribution in [2.24, 2.45) is 0 Å². The van der Waals surface area contributed by atoms with Crippen molar-refractivity contribution < 1.29 is 4.79 Å². The van der Waals surface area contributed by atoms with Crippen molar-refractivity contribution in [3.8, 4) is 0 Å². The van der Waals surface area contributed by atoms with Gasteiger partial charge in [-0.1, -0.05) is 18.2 Å². The average Bonchev–Trinajstić information content (AvgIpc) is 2.50. The third-order valence-electron chi connectivity index (χ3n) is 3.18. The van der Waals surface area contributed by atoms with Crippen LogP contribution < -0.4 is 10.6 Å². The number of para-hydroxylation sites is 2. The zero-order valence-electron chi connectivity index (χ0n) is 10.7. The van der Waals surface area contributed by atoms with E-state index in [1.165, 1.54) is 0 Å². The number of anilines is 3. The molecule has 98 valence electrons. The van der Waals surface area contributed by atoms with Crippen LogP contribution in [0.15, 0.2) is 60.8 Å². The Morgan fingerprint density at radius 1 is 0.950 bits per heavy atom. The average molecular weight is 263 g/mol. The predicted molar refractivity (Wildman–Crippen MR) is 80.8 cm³/mol. The molecular formula is C16H13N3O. The van der Waals surface area contributed by atoms with E-state index < -0.39 is 0 Å². The van der Waals surface area contributed by atoms with Crippen LogP contribution in [-0.4, -0.2) is 11.4 Å². The van der Waals surface area contributed by atoms with Crippen molar-refractivity contribution >= 4 is 34.4 Å². The highest BCUT2D eigenvalue weighted by molar-refractivity contribution is 6.02. The maximum atomic E-state index is 11.6. The van der Waals surface area contributed by atoms with Crippen molar-refractivity contribution in [1.82, 2.24) is 4.98 Å². The molecule has 0 aliphatic rings. The Morgan fingerprint density at radius 2 is 1.75 bits per heavy atom. The molecule has 0 radical (unpaired) electrons. The van der Waals surface area contributed by atoms with E-state index in [1.54, 1.807) is 17.2 Å². The van der Waals surface area contributed by atoms with Crippen molar-refractivity contribution in [3.05, 3.63) is 60.8 Å². The van der Waals surface area contributed by atoms with Crippen LogP contribution in [0.4, 0.5) is 17.1 Å². The minimum absolute atomic E-state index is 0.556. The number of fused-ring (bicyclic) bond motifs is 1. The van der Waals surface area contributed by atoms with Gasteiger partial charge >= 0.3 is 0 Å². The van der Waals surface area contributed by atoms with E-state index >= 15 is 0 Å². The maximum Gasteiger partial charge on any atom is 0.218 e. The van der Waals surface area contributed by atoms with Crippen molar-refractivity contribution in [2.75, 3.05) is 10.6 Å². The van der Waals surface area contributed by atoms with E-state index in [-0.39, 0.29) is 0 Å². The Kier molecular flexibility index (Phi) is 3.05. The first kappa shape index (κ1) is 12.2. The molecule has 0 bridgehead atoms. The SMILES string of the molecule is Nc1ccccc1N(C=O)c1cccc2ncccc12. The number of hydrogen-bond acceptors (Lipinski definition) is 3. The molecule has 0 aliphatic carbocycles. The molecule has 0 saturated carbocycles. The van der Waals surface area contributed by atoms with Gasteiger partial charge in [-0.25, -0.2) is 0 Å². The summed E-state index contributed by atoms with van der Waals surface area (Å²) in [6.07, 6.45) is 2.50. The third kappa shape index (κ3) is 1.97. The summed E-state index contributed by atoms with van der Waals surface area (Å²) in [6.45, 7) is 0. The standard InChI is InChI=1S/C16H13N3O/c17-13-6-1-2-8-16(13)19(11-20)15-9-3-7-14-12(15)5-4-10-18-14/h1-11H,17H2. The summed E-state index contributed by atoms with van der Waals surface area (Å²) in [6, 6.07) is 16.7. The van der Waals surface area contributed by atoms with Gasteiger partial charge in [-0.05, 0) is 36.4 Å². The first-order chi connectivity index (χ1) is 9.81. The van der Waals surface area contributed by atoms with E-state index in [1.807, 2.05) is 48.5 Å². The fourth-order valence-corrected chi connectivity index (χ4v) is 2.25. The molecule has 3 aromatic rings. The number of hydrogen-bond donors (Lipinski definition) is 1. The molecule has 0 fully saturated rings. The summed E-state index contributed by atoms with van der Waals surface area (Å²) < 4.78 is 0. The Morgan fingerprint density at radius 3 is 2.55 bits per heavy atom. The quantitative estimate of drug-likeness (QED) is 0.583. The number of aromatic nitrogens is 1. The minimum atomic E-state index is 0.556. The van der Waals surface area contributed by atoms with Crippen LogP contribution in [0.5, 0.6) is 0 Å². The van der Waals surface area contributed by atoms with Gasteiger partial charge in [0.25, 0.3) is 0 Å². The zero-order valence-corrected chi connectivity index (χ0v) is 10.7. The molecule has 4 heteroatoms. The smallest absolute Gasteiger partial charge is 0.218 e. The van der Waals surface area contributed by atoms with Crippen molar-refractivity contribution in [2.45, 2.75) is 0 Å². The van der Waals surface area contributed by atoms with Gasteiger partial charge in [0, 0.05) is 11.6 Å². The van der Waals surface area contributed by atoms with Crippen molar-refractivity contribution in [3.63, 3.8) is 0 Å². The second-order valence-electron chi connectivity index (χ2n) is 4.38. The van der Waals surface area contributed by atoms with Gasteiger partial charge in [-0.3, -0.25) is 14.7 Å². The monoisotopic (exact) mass is 263 g/mol. The molecule has 3 rings (SSSR count). The van der Waals surface area contributed by atoms with Gasteiger partial charge < -0.3 is 5.73 Å². The molecule has 1 heterocycles. The van der Waals surface area contributed by atoms with E-state index in [0.717, 1.165) is 23.0 Å². The molecule has 0 aliphatic heterocycles. The molecule has 0 spiro atoms. The molecule has 2 aromatic carbocycles. The molecule has 1 aromatic heterocycles. The number of rotatable bonds is 3. The number of pyridine rings is 1. The zero-order chi connectivity index (χ0) is 13.9. The number of nitrogens with zero attached hydrogens (tertiary/aromatic N) is 2. The van der Waals surface area contributed by atoms with E-state index in [0.29, 0.717) is 11.4 Å². The van der Waals surface area contributed by atoms with Crippen LogP contribution >= 0.6 is 0 Å². The van der Waals surface area contributed by atoms with Gasteiger partial charge in [0.05, 0.1) is 22.6 Å². The molecule has 0 unspecified atom stereocenters. The fourth-order valence-electron chi connectivity index (χ4n) is 2.25. The summed E-state index contributed by atoms with van der Waals surface area (Å²) in [5.74, 6) is 0. The Labute approximate surface area is 116 Å². The number of benzene rings is 2. The highest BCUT2D eigenvalue weighted by atomic mass is 16.1. The number of carbonyl (C=O) groups excluding carboxylic acids is 1. The van der Waals surface area contributed by atoms with Gasteiger partial charge in [-0.15, -0.1) is 0 Å². The van der Waals surface area contributed by atoms with Crippen LogP contribution in [0, 0.1) is 0 Å². The molecule has 1 amide bonds. The lowest BCUT2D eigenvalue weighted by Crippen LogP contribution is -2.16. The Balaban J connectivity index is 2.23. The Bertz CT molecular complexity index is 765. The maximum absolute atomic E-state index is 11.6. The highest BCUT2D eigenvalue weighted by Crippen LogP contribution is 2.33. The van der Waals surface area contributed by atoms with Crippen LogP contribution in [0.2, 0.25) is 0 Å². The van der Waals surface area contributed by atoms with Crippen LogP contribution in [-0.2, 0) is 4.79 Å². The van der Waals surface area contributed by atoms with E-state index in [4.69, 9.17) is 5.73 Å². The van der Waals surface area contributed by atoms with Gasteiger partial charge in [-0.2, -0.15) is 0 Å². The topological polar surface area (TPSA) is 59.2 Å². The molecule has 0 saturated heterocycles. The lowest BCUT2D eigenvalue weighted by molar-refractivity contribution is -0.106.